The van der Waals surface area contributed by atoms with Crippen LogP contribution in [0.4, 0.5) is 10.1 Å². The van der Waals surface area contributed by atoms with E-state index in [0.29, 0.717) is 40.4 Å². The molecule has 0 bridgehead atoms. The number of benzene rings is 2. The SMILES string of the molecule is COc1cc2c(Oc3ccc(NC(=O)C4(C)CC4)cc3F)ccnc2cc1OCCCCS. The van der Waals surface area contributed by atoms with Crippen molar-refractivity contribution in [2.24, 2.45) is 5.41 Å². The molecule has 0 spiro atoms. The molecule has 1 fully saturated rings. The number of hydrogen-bond donors (Lipinski definition) is 2. The van der Waals surface area contributed by atoms with Gasteiger partial charge >= 0.3 is 0 Å². The highest BCUT2D eigenvalue weighted by Gasteiger charge is 2.44. The lowest BCUT2D eigenvalue weighted by Crippen LogP contribution is -2.21. The Morgan fingerprint density at radius 1 is 1.12 bits per heavy atom. The number of carbonyl (C=O) groups is 1. The van der Waals surface area contributed by atoms with Crippen LogP contribution < -0.4 is 19.5 Å². The molecule has 1 saturated carbocycles. The molecule has 2 aromatic carbocycles. The third-order valence-corrected chi connectivity index (χ3v) is 6.07. The van der Waals surface area contributed by atoms with Gasteiger partial charge in [-0.25, -0.2) is 4.39 Å². The molecule has 1 aliphatic rings. The molecule has 3 aromatic rings. The first-order chi connectivity index (χ1) is 15.9. The van der Waals surface area contributed by atoms with E-state index in [9.17, 15) is 9.18 Å². The minimum atomic E-state index is -0.574. The quantitative estimate of drug-likeness (QED) is 0.281. The molecule has 4 rings (SSSR count). The predicted octanol–water partition coefficient (Wildman–Crippen LogP) is 6.00. The zero-order valence-electron chi connectivity index (χ0n) is 18.7. The first kappa shape index (κ1) is 23.2. The summed E-state index contributed by atoms with van der Waals surface area (Å²) in [4.78, 5) is 16.6. The number of pyridine rings is 1. The van der Waals surface area contributed by atoms with Crippen molar-refractivity contribution in [3.05, 3.63) is 48.4 Å². The molecular formula is C25H27FN2O4S. The largest absolute Gasteiger partial charge is 0.493 e. The molecule has 1 aliphatic carbocycles. The number of unbranched alkanes of at least 4 members (excludes halogenated alkanes) is 1. The van der Waals surface area contributed by atoms with Gasteiger partial charge in [-0.2, -0.15) is 12.6 Å². The highest BCUT2D eigenvalue weighted by atomic mass is 32.1. The average molecular weight is 471 g/mol. The van der Waals surface area contributed by atoms with Gasteiger partial charge in [-0.1, -0.05) is 6.92 Å². The van der Waals surface area contributed by atoms with Crippen LogP contribution in [0, 0.1) is 11.2 Å². The summed E-state index contributed by atoms with van der Waals surface area (Å²) in [5.74, 6) is 1.75. The van der Waals surface area contributed by atoms with Crippen molar-refractivity contribution >= 4 is 35.1 Å². The Bertz CT molecular complexity index is 1170. The van der Waals surface area contributed by atoms with Crippen LogP contribution in [0.3, 0.4) is 0 Å². The van der Waals surface area contributed by atoms with Crippen molar-refractivity contribution in [2.45, 2.75) is 32.6 Å². The summed E-state index contributed by atoms with van der Waals surface area (Å²) < 4.78 is 32.0. The van der Waals surface area contributed by atoms with Crippen LogP contribution in [0.2, 0.25) is 0 Å². The molecule has 0 unspecified atom stereocenters. The number of fused-ring (bicyclic) bond motifs is 1. The molecule has 1 amide bonds. The van der Waals surface area contributed by atoms with Crippen molar-refractivity contribution < 1.29 is 23.4 Å². The van der Waals surface area contributed by atoms with Gasteiger partial charge in [0.1, 0.15) is 5.75 Å². The Hall–Kier alpha value is -3.00. The van der Waals surface area contributed by atoms with Gasteiger partial charge in [-0.05, 0) is 55.7 Å². The Kier molecular flexibility index (Phi) is 6.93. The number of nitrogens with zero attached hydrogens (tertiary/aromatic N) is 1. The first-order valence-corrected chi connectivity index (χ1v) is 11.6. The maximum absolute atomic E-state index is 14.8. The van der Waals surface area contributed by atoms with E-state index in [-0.39, 0.29) is 17.1 Å². The molecule has 1 aromatic heterocycles. The molecule has 0 aliphatic heterocycles. The topological polar surface area (TPSA) is 69.7 Å². The fourth-order valence-electron chi connectivity index (χ4n) is 3.36. The monoisotopic (exact) mass is 470 g/mol. The lowest BCUT2D eigenvalue weighted by molar-refractivity contribution is -0.120. The van der Waals surface area contributed by atoms with E-state index in [0.717, 1.165) is 31.4 Å². The minimum Gasteiger partial charge on any atom is -0.493 e. The van der Waals surface area contributed by atoms with E-state index in [1.54, 1.807) is 37.6 Å². The van der Waals surface area contributed by atoms with Crippen LogP contribution in [0.25, 0.3) is 10.9 Å². The second kappa shape index (κ2) is 9.87. The van der Waals surface area contributed by atoms with Crippen molar-refractivity contribution in [3.63, 3.8) is 0 Å². The number of anilines is 1. The second-order valence-corrected chi connectivity index (χ2v) is 8.82. The van der Waals surface area contributed by atoms with Crippen molar-refractivity contribution in [1.82, 2.24) is 4.98 Å². The van der Waals surface area contributed by atoms with E-state index in [1.165, 1.54) is 12.1 Å². The van der Waals surface area contributed by atoms with Crippen molar-refractivity contribution in [1.29, 1.82) is 0 Å². The molecule has 174 valence electrons. The van der Waals surface area contributed by atoms with Crippen molar-refractivity contribution in [3.8, 4) is 23.0 Å². The van der Waals surface area contributed by atoms with Gasteiger partial charge in [0.25, 0.3) is 0 Å². The maximum Gasteiger partial charge on any atom is 0.230 e. The van der Waals surface area contributed by atoms with Gasteiger partial charge in [0, 0.05) is 34.8 Å². The molecule has 33 heavy (non-hydrogen) atoms. The van der Waals surface area contributed by atoms with Gasteiger partial charge in [-0.15, -0.1) is 0 Å². The lowest BCUT2D eigenvalue weighted by atomic mass is 10.1. The van der Waals surface area contributed by atoms with Gasteiger partial charge in [0.15, 0.2) is 23.1 Å². The van der Waals surface area contributed by atoms with E-state index in [2.05, 4.69) is 22.9 Å². The molecule has 0 saturated heterocycles. The van der Waals surface area contributed by atoms with Gasteiger partial charge in [-0.3, -0.25) is 9.78 Å². The second-order valence-electron chi connectivity index (χ2n) is 8.37. The molecule has 1 heterocycles. The van der Waals surface area contributed by atoms with E-state index < -0.39 is 5.82 Å². The summed E-state index contributed by atoms with van der Waals surface area (Å²) in [6.45, 7) is 2.45. The Balaban J connectivity index is 1.55. The van der Waals surface area contributed by atoms with Crippen LogP contribution in [-0.2, 0) is 4.79 Å². The summed E-state index contributed by atoms with van der Waals surface area (Å²) in [5, 5.41) is 3.44. The van der Waals surface area contributed by atoms with E-state index >= 15 is 0 Å². The summed E-state index contributed by atoms with van der Waals surface area (Å²) in [6.07, 6.45) is 5.14. The van der Waals surface area contributed by atoms with E-state index in [4.69, 9.17) is 14.2 Å². The minimum absolute atomic E-state index is 0.0455. The number of halogens is 1. The predicted molar refractivity (Wildman–Crippen MR) is 129 cm³/mol. The zero-order chi connectivity index (χ0) is 23.4. The van der Waals surface area contributed by atoms with Crippen LogP contribution in [0.15, 0.2) is 42.6 Å². The standard InChI is InChI=1S/C25H27FN2O4S/c1-25(8-9-25)24(29)28-16-5-6-21(18(26)13-16)32-20-7-10-27-19-15-23(31-11-3-4-12-33)22(30-2)14-17(19)20/h5-7,10,13-15,33H,3-4,8-9,11-12H2,1-2H3,(H,28,29). The Labute approximate surface area is 197 Å². The number of methoxy groups -OCH3 is 1. The normalized spacial score (nSPS) is 14.1. The number of ether oxygens (including phenoxy) is 3. The van der Waals surface area contributed by atoms with Crippen LogP contribution in [-0.4, -0.2) is 30.4 Å². The third kappa shape index (κ3) is 5.33. The van der Waals surface area contributed by atoms with Crippen LogP contribution in [0.1, 0.15) is 32.6 Å². The van der Waals surface area contributed by atoms with Crippen LogP contribution >= 0.6 is 12.6 Å². The summed E-state index contributed by atoms with van der Waals surface area (Å²) in [7, 11) is 1.56. The van der Waals surface area contributed by atoms with Crippen LogP contribution in [0.5, 0.6) is 23.0 Å². The summed E-state index contributed by atoms with van der Waals surface area (Å²) in [6, 6.07) is 9.62. The third-order valence-electron chi connectivity index (χ3n) is 5.75. The number of thiol groups is 1. The number of aromatic nitrogens is 1. The maximum atomic E-state index is 14.8. The smallest absolute Gasteiger partial charge is 0.230 e. The summed E-state index contributed by atoms with van der Waals surface area (Å²) in [5.41, 5.74) is 0.703. The van der Waals surface area contributed by atoms with Gasteiger partial charge in [0.2, 0.25) is 5.91 Å². The fourth-order valence-corrected chi connectivity index (χ4v) is 3.59. The van der Waals surface area contributed by atoms with E-state index in [1.807, 2.05) is 6.92 Å². The average Bonchev–Trinajstić information content (AvgIpc) is 3.57. The fraction of sp³-hybridized carbons (Fsp3) is 0.360. The zero-order valence-corrected chi connectivity index (χ0v) is 19.6. The molecule has 0 atom stereocenters. The first-order valence-electron chi connectivity index (χ1n) is 10.9. The Morgan fingerprint density at radius 3 is 2.64 bits per heavy atom. The molecule has 8 heteroatoms. The number of nitrogens with one attached hydrogen (secondary N) is 1. The Morgan fingerprint density at radius 2 is 1.94 bits per heavy atom. The van der Waals surface area contributed by atoms with Crippen molar-refractivity contribution in [2.75, 3.05) is 24.8 Å². The number of hydrogen-bond acceptors (Lipinski definition) is 6. The van der Waals surface area contributed by atoms with Gasteiger partial charge < -0.3 is 19.5 Å². The molecule has 6 nitrogen and oxygen atoms in total. The molecule has 0 radical (unpaired) electrons. The highest BCUT2D eigenvalue weighted by molar-refractivity contribution is 7.80. The number of rotatable bonds is 10. The summed E-state index contributed by atoms with van der Waals surface area (Å²) >= 11 is 4.21. The number of amides is 1. The highest BCUT2D eigenvalue weighted by Crippen LogP contribution is 2.46. The van der Waals surface area contributed by atoms with Gasteiger partial charge in [0.05, 0.1) is 19.2 Å². The molecular weight excluding hydrogens is 443 g/mol. The number of carbonyl (C=O) groups excluding carboxylic acids is 1. The lowest BCUT2D eigenvalue weighted by Gasteiger charge is -2.15. The molecule has 1 N–H and O–H groups in total.